The van der Waals surface area contributed by atoms with E-state index < -0.39 is 6.10 Å². The number of carbonyl (C=O) groups excluding carboxylic acids is 2. The van der Waals surface area contributed by atoms with Crippen molar-refractivity contribution < 1.29 is 24.2 Å². The van der Waals surface area contributed by atoms with E-state index in [1.807, 2.05) is 0 Å². The van der Waals surface area contributed by atoms with Gasteiger partial charge in [-0.2, -0.15) is 0 Å². The molecular formula is C25H48O5. The molecule has 0 aromatic heterocycles. The summed E-state index contributed by atoms with van der Waals surface area (Å²) in [6, 6.07) is 0. The molecule has 0 aromatic rings. The quantitative estimate of drug-likeness (QED) is 0.157. The lowest BCUT2D eigenvalue weighted by molar-refractivity contribution is -0.161. The number of aliphatic hydroxyl groups is 1. The molecule has 0 spiro atoms. The zero-order chi connectivity index (χ0) is 22.3. The Bertz CT molecular complexity index is 397. The molecule has 1 N–H and O–H groups in total. The van der Waals surface area contributed by atoms with Crippen molar-refractivity contribution in [3.8, 4) is 0 Å². The Hall–Kier alpha value is -1.10. The lowest BCUT2D eigenvalue weighted by atomic mass is 10.1. The van der Waals surface area contributed by atoms with Crippen LogP contribution in [0.1, 0.15) is 129 Å². The SMILES string of the molecule is CCCCCCCCCCCCCC(=O)O[C@@H](CO)COC(=O)CCCCCCC. The third-order valence-electron chi connectivity index (χ3n) is 5.40. The number of rotatable bonds is 22. The minimum atomic E-state index is -0.755. The summed E-state index contributed by atoms with van der Waals surface area (Å²) >= 11 is 0. The zero-order valence-corrected chi connectivity index (χ0v) is 19.8. The average Bonchev–Trinajstić information content (AvgIpc) is 2.74. The summed E-state index contributed by atoms with van der Waals surface area (Å²) in [4.78, 5) is 23.6. The molecule has 0 saturated carbocycles. The molecule has 0 aliphatic rings. The molecule has 0 aliphatic carbocycles. The molecule has 0 aromatic carbocycles. The zero-order valence-electron chi connectivity index (χ0n) is 19.8. The molecule has 0 bridgehead atoms. The maximum Gasteiger partial charge on any atom is 0.306 e. The summed E-state index contributed by atoms with van der Waals surface area (Å²) in [5.74, 6) is -0.605. The van der Waals surface area contributed by atoms with E-state index in [1.165, 1.54) is 64.2 Å². The van der Waals surface area contributed by atoms with Gasteiger partial charge in [-0.05, 0) is 12.8 Å². The Balaban J connectivity index is 3.60. The first-order valence-electron chi connectivity index (χ1n) is 12.6. The lowest BCUT2D eigenvalue weighted by Crippen LogP contribution is -2.28. The fourth-order valence-electron chi connectivity index (χ4n) is 3.43. The number of ether oxygens (including phenoxy) is 2. The van der Waals surface area contributed by atoms with Crippen molar-refractivity contribution in [3.05, 3.63) is 0 Å². The summed E-state index contributed by atoms with van der Waals surface area (Å²) in [6.07, 6.45) is 18.9. The second-order valence-corrected chi connectivity index (χ2v) is 8.43. The van der Waals surface area contributed by atoms with E-state index in [4.69, 9.17) is 9.47 Å². The third-order valence-corrected chi connectivity index (χ3v) is 5.40. The van der Waals surface area contributed by atoms with Crippen LogP contribution >= 0.6 is 0 Å². The fourth-order valence-corrected chi connectivity index (χ4v) is 3.43. The van der Waals surface area contributed by atoms with E-state index in [9.17, 15) is 14.7 Å². The first kappa shape index (κ1) is 28.9. The number of carbonyl (C=O) groups is 2. The molecular weight excluding hydrogens is 380 g/mol. The van der Waals surface area contributed by atoms with E-state index >= 15 is 0 Å². The molecule has 30 heavy (non-hydrogen) atoms. The average molecular weight is 429 g/mol. The molecule has 178 valence electrons. The highest BCUT2D eigenvalue weighted by Crippen LogP contribution is 2.12. The standard InChI is InChI=1S/C25H48O5/c1-3-5-7-9-10-11-12-13-14-16-18-20-25(28)30-23(21-26)22-29-24(27)19-17-15-8-6-4-2/h23,26H,3-22H2,1-2H3/t23-/m0/s1. The predicted octanol–water partition coefficient (Wildman–Crippen LogP) is 6.50. The third kappa shape index (κ3) is 20.2. The first-order valence-corrected chi connectivity index (χ1v) is 12.6. The summed E-state index contributed by atoms with van der Waals surface area (Å²) in [6.45, 7) is 4.01. The molecule has 0 aliphatic heterocycles. The van der Waals surface area contributed by atoms with Gasteiger partial charge in [-0.15, -0.1) is 0 Å². The van der Waals surface area contributed by atoms with Gasteiger partial charge in [0.25, 0.3) is 0 Å². The maximum absolute atomic E-state index is 11.9. The van der Waals surface area contributed by atoms with Crippen molar-refractivity contribution in [1.82, 2.24) is 0 Å². The van der Waals surface area contributed by atoms with Gasteiger partial charge in [0, 0.05) is 12.8 Å². The molecule has 1 atom stereocenters. The second-order valence-electron chi connectivity index (χ2n) is 8.43. The Morgan fingerprint density at radius 1 is 0.633 bits per heavy atom. The van der Waals surface area contributed by atoms with E-state index in [1.54, 1.807) is 0 Å². The summed E-state index contributed by atoms with van der Waals surface area (Å²) in [7, 11) is 0. The fraction of sp³-hybridized carbons (Fsp3) is 0.920. The Labute approximate surface area is 185 Å². The summed E-state index contributed by atoms with van der Waals surface area (Å²) in [5.41, 5.74) is 0. The van der Waals surface area contributed by atoms with E-state index in [0.29, 0.717) is 12.8 Å². The van der Waals surface area contributed by atoms with E-state index in [-0.39, 0.29) is 25.2 Å². The van der Waals surface area contributed by atoms with Crippen molar-refractivity contribution in [2.45, 2.75) is 136 Å². The molecule has 0 amide bonds. The van der Waals surface area contributed by atoms with Gasteiger partial charge in [0.15, 0.2) is 6.10 Å². The van der Waals surface area contributed by atoms with Crippen LogP contribution in [0.3, 0.4) is 0 Å². The predicted molar refractivity (Wildman–Crippen MR) is 122 cm³/mol. The number of esters is 2. The minimum Gasteiger partial charge on any atom is -0.462 e. The topological polar surface area (TPSA) is 72.8 Å². The molecule has 0 radical (unpaired) electrons. The van der Waals surface area contributed by atoms with Crippen molar-refractivity contribution in [1.29, 1.82) is 0 Å². The van der Waals surface area contributed by atoms with Crippen LogP contribution < -0.4 is 0 Å². The van der Waals surface area contributed by atoms with Crippen LogP contribution in [0.5, 0.6) is 0 Å². The molecule has 0 heterocycles. The highest BCUT2D eigenvalue weighted by molar-refractivity contribution is 5.70. The highest BCUT2D eigenvalue weighted by Gasteiger charge is 2.16. The van der Waals surface area contributed by atoms with Gasteiger partial charge in [0.05, 0.1) is 6.61 Å². The summed E-state index contributed by atoms with van der Waals surface area (Å²) in [5, 5.41) is 9.35. The van der Waals surface area contributed by atoms with Crippen LogP contribution in [-0.4, -0.2) is 36.4 Å². The minimum absolute atomic E-state index is 0.0612. The molecule has 0 saturated heterocycles. The van der Waals surface area contributed by atoms with E-state index in [0.717, 1.165) is 38.5 Å². The number of aliphatic hydroxyl groups excluding tert-OH is 1. The number of hydrogen-bond donors (Lipinski definition) is 1. The van der Waals surface area contributed by atoms with Crippen molar-refractivity contribution >= 4 is 11.9 Å². The smallest absolute Gasteiger partial charge is 0.306 e. The van der Waals surface area contributed by atoms with Crippen molar-refractivity contribution in [2.24, 2.45) is 0 Å². The van der Waals surface area contributed by atoms with Crippen molar-refractivity contribution in [3.63, 3.8) is 0 Å². The lowest BCUT2D eigenvalue weighted by Gasteiger charge is -2.15. The van der Waals surface area contributed by atoms with E-state index in [2.05, 4.69) is 13.8 Å². The van der Waals surface area contributed by atoms with Gasteiger partial charge in [-0.1, -0.05) is 104 Å². The Morgan fingerprint density at radius 2 is 1.03 bits per heavy atom. The highest BCUT2D eigenvalue weighted by atomic mass is 16.6. The van der Waals surface area contributed by atoms with Gasteiger partial charge in [0.1, 0.15) is 6.61 Å². The van der Waals surface area contributed by atoms with Gasteiger partial charge >= 0.3 is 11.9 Å². The van der Waals surface area contributed by atoms with Crippen LogP contribution in [0.15, 0.2) is 0 Å². The normalized spacial score (nSPS) is 12.0. The van der Waals surface area contributed by atoms with Crippen LogP contribution in [0.4, 0.5) is 0 Å². The molecule has 5 nitrogen and oxygen atoms in total. The van der Waals surface area contributed by atoms with Gasteiger partial charge in [-0.25, -0.2) is 0 Å². The molecule has 0 fully saturated rings. The molecule has 5 heteroatoms. The molecule has 0 unspecified atom stereocenters. The van der Waals surface area contributed by atoms with Crippen molar-refractivity contribution in [2.75, 3.05) is 13.2 Å². The monoisotopic (exact) mass is 428 g/mol. The van der Waals surface area contributed by atoms with Gasteiger partial charge in [0.2, 0.25) is 0 Å². The number of unbranched alkanes of at least 4 members (excludes halogenated alkanes) is 14. The van der Waals surface area contributed by atoms with Gasteiger partial charge < -0.3 is 14.6 Å². The Morgan fingerprint density at radius 3 is 1.47 bits per heavy atom. The maximum atomic E-state index is 11.9. The van der Waals surface area contributed by atoms with Crippen LogP contribution in [0.25, 0.3) is 0 Å². The molecule has 0 rings (SSSR count). The number of hydrogen-bond acceptors (Lipinski definition) is 5. The Kier molecular flexibility index (Phi) is 21.8. The van der Waals surface area contributed by atoms with Crippen LogP contribution in [-0.2, 0) is 19.1 Å². The first-order chi connectivity index (χ1) is 14.6. The summed E-state index contributed by atoms with van der Waals surface area (Å²) < 4.78 is 10.4. The van der Waals surface area contributed by atoms with Crippen LogP contribution in [0, 0.1) is 0 Å². The van der Waals surface area contributed by atoms with Gasteiger partial charge in [-0.3, -0.25) is 9.59 Å². The van der Waals surface area contributed by atoms with Crippen LogP contribution in [0.2, 0.25) is 0 Å². The second kappa shape index (κ2) is 22.6. The largest absolute Gasteiger partial charge is 0.462 e.